The van der Waals surface area contributed by atoms with E-state index < -0.39 is 21.7 Å². The van der Waals surface area contributed by atoms with Gasteiger partial charge < -0.3 is 4.42 Å². The van der Waals surface area contributed by atoms with Gasteiger partial charge in [-0.25, -0.2) is 12.8 Å². The second kappa shape index (κ2) is 9.17. The van der Waals surface area contributed by atoms with E-state index in [1.807, 2.05) is 6.92 Å². The molecule has 8 nitrogen and oxygen atoms in total. The number of rotatable bonds is 6. The molecule has 1 N–H and O–H groups in total. The minimum Gasteiger partial charge on any atom is -0.403 e. The summed E-state index contributed by atoms with van der Waals surface area (Å²) in [5.74, 6) is -0.919. The van der Waals surface area contributed by atoms with Crippen LogP contribution in [-0.2, 0) is 10.0 Å². The number of nitrogens with zero attached hydrogens (tertiary/aromatic N) is 3. The third-order valence-corrected chi connectivity index (χ3v) is 7.45. The third-order valence-electron chi connectivity index (χ3n) is 5.48. The quantitative estimate of drug-likeness (QED) is 0.597. The molecule has 0 spiro atoms. The van der Waals surface area contributed by atoms with Crippen LogP contribution in [0.4, 0.5) is 10.4 Å². The van der Waals surface area contributed by atoms with E-state index in [2.05, 4.69) is 15.5 Å². The van der Waals surface area contributed by atoms with Gasteiger partial charge in [-0.15, -0.1) is 5.10 Å². The van der Waals surface area contributed by atoms with Gasteiger partial charge in [0.25, 0.3) is 5.91 Å². The molecule has 1 aromatic heterocycles. The number of hydrogen-bond acceptors (Lipinski definition) is 6. The van der Waals surface area contributed by atoms with E-state index >= 15 is 0 Å². The zero-order valence-electron chi connectivity index (χ0n) is 17.5. The zero-order chi connectivity index (χ0) is 22.7. The first kappa shape index (κ1) is 22.1. The second-order valence-electron chi connectivity index (χ2n) is 7.57. The van der Waals surface area contributed by atoms with E-state index in [1.54, 1.807) is 10.4 Å². The van der Waals surface area contributed by atoms with Gasteiger partial charge in [0.15, 0.2) is 0 Å². The van der Waals surface area contributed by atoms with Crippen LogP contribution in [0, 0.1) is 5.82 Å². The fourth-order valence-corrected chi connectivity index (χ4v) is 5.56. The summed E-state index contributed by atoms with van der Waals surface area (Å²) < 4.78 is 46.4. The lowest BCUT2D eigenvalue weighted by Crippen LogP contribution is -2.43. The number of sulfonamides is 1. The predicted molar refractivity (Wildman–Crippen MR) is 116 cm³/mol. The summed E-state index contributed by atoms with van der Waals surface area (Å²) in [5, 5.41) is 10.0. The van der Waals surface area contributed by atoms with E-state index in [1.165, 1.54) is 42.5 Å². The lowest BCUT2D eigenvalue weighted by Gasteiger charge is -2.34. The van der Waals surface area contributed by atoms with Crippen molar-refractivity contribution in [2.75, 3.05) is 11.9 Å². The van der Waals surface area contributed by atoms with Crippen molar-refractivity contribution in [3.8, 4) is 11.5 Å². The van der Waals surface area contributed by atoms with Crippen LogP contribution in [0.1, 0.15) is 43.0 Å². The number of aromatic nitrogens is 2. The highest BCUT2D eigenvalue weighted by molar-refractivity contribution is 7.89. The van der Waals surface area contributed by atoms with Crippen molar-refractivity contribution in [1.29, 1.82) is 0 Å². The lowest BCUT2D eigenvalue weighted by molar-refractivity contribution is 0.102. The number of nitrogens with one attached hydrogen (secondary N) is 1. The highest BCUT2D eigenvalue weighted by Crippen LogP contribution is 2.27. The van der Waals surface area contributed by atoms with Crippen molar-refractivity contribution >= 4 is 21.9 Å². The van der Waals surface area contributed by atoms with Gasteiger partial charge in [-0.2, -0.15) is 4.31 Å². The highest BCUT2D eigenvalue weighted by Gasteiger charge is 2.32. The molecule has 0 radical (unpaired) electrons. The molecule has 1 unspecified atom stereocenters. The molecule has 0 saturated carbocycles. The van der Waals surface area contributed by atoms with Crippen molar-refractivity contribution in [3.05, 3.63) is 59.9 Å². The Hall–Kier alpha value is -3.11. The van der Waals surface area contributed by atoms with E-state index in [4.69, 9.17) is 4.42 Å². The largest absolute Gasteiger partial charge is 0.403 e. The van der Waals surface area contributed by atoms with Gasteiger partial charge in [-0.05, 0) is 61.7 Å². The van der Waals surface area contributed by atoms with Crippen molar-refractivity contribution in [1.82, 2.24) is 14.5 Å². The smallest absolute Gasteiger partial charge is 0.322 e. The zero-order valence-corrected chi connectivity index (χ0v) is 18.3. The molecule has 3 aromatic rings. The average molecular weight is 459 g/mol. The Morgan fingerprint density at radius 1 is 1.19 bits per heavy atom. The molecule has 10 heteroatoms. The number of carbonyl (C=O) groups excluding carboxylic acids is 1. The molecule has 1 saturated heterocycles. The first-order valence-corrected chi connectivity index (χ1v) is 11.8. The summed E-state index contributed by atoms with van der Waals surface area (Å²) >= 11 is 0. The van der Waals surface area contributed by atoms with E-state index in [0.717, 1.165) is 25.7 Å². The fourth-order valence-electron chi connectivity index (χ4n) is 3.79. The summed E-state index contributed by atoms with van der Waals surface area (Å²) in [6, 6.07) is 11.2. The molecular formula is C22H23FN4O4S. The molecule has 2 heterocycles. The first-order valence-electron chi connectivity index (χ1n) is 10.4. The minimum absolute atomic E-state index is 0.00142. The number of hydrogen-bond donors (Lipinski definition) is 1. The number of anilines is 1. The van der Waals surface area contributed by atoms with Crippen molar-refractivity contribution in [3.63, 3.8) is 0 Å². The van der Waals surface area contributed by atoms with Gasteiger partial charge in [0.05, 0.1) is 4.90 Å². The van der Waals surface area contributed by atoms with Gasteiger partial charge in [0.2, 0.25) is 15.9 Å². The van der Waals surface area contributed by atoms with Crippen molar-refractivity contribution in [2.24, 2.45) is 0 Å². The molecular weight excluding hydrogens is 435 g/mol. The summed E-state index contributed by atoms with van der Waals surface area (Å²) in [6.07, 6.45) is 3.50. The molecule has 1 amide bonds. The van der Waals surface area contributed by atoms with Crippen LogP contribution < -0.4 is 5.32 Å². The number of halogens is 1. The topological polar surface area (TPSA) is 105 Å². The van der Waals surface area contributed by atoms with Crippen molar-refractivity contribution < 1.29 is 22.0 Å². The predicted octanol–water partition coefficient (Wildman–Crippen LogP) is 4.08. The first-order chi connectivity index (χ1) is 15.4. The van der Waals surface area contributed by atoms with Crippen LogP contribution in [0.15, 0.2) is 57.8 Å². The van der Waals surface area contributed by atoms with E-state index in [0.29, 0.717) is 12.1 Å². The summed E-state index contributed by atoms with van der Waals surface area (Å²) in [7, 11) is -3.63. The Kier molecular flexibility index (Phi) is 6.33. The second-order valence-corrected chi connectivity index (χ2v) is 9.47. The molecule has 1 aliphatic rings. The number of piperidine rings is 1. The molecule has 0 aliphatic carbocycles. The Morgan fingerprint density at radius 3 is 2.69 bits per heavy atom. The maximum atomic E-state index is 13.4. The van der Waals surface area contributed by atoms with E-state index in [-0.39, 0.29) is 28.4 Å². The van der Waals surface area contributed by atoms with Crippen LogP contribution in [0.25, 0.3) is 11.5 Å². The lowest BCUT2D eigenvalue weighted by atomic mass is 10.0. The summed E-state index contributed by atoms with van der Waals surface area (Å²) in [4.78, 5) is 12.7. The van der Waals surface area contributed by atoms with E-state index in [9.17, 15) is 17.6 Å². The Bertz CT molecular complexity index is 1210. The van der Waals surface area contributed by atoms with Gasteiger partial charge in [0, 0.05) is 23.7 Å². The maximum absolute atomic E-state index is 13.4. The monoisotopic (exact) mass is 458 g/mol. The minimum atomic E-state index is -3.63. The third kappa shape index (κ3) is 4.56. The molecule has 1 atom stereocenters. The van der Waals surface area contributed by atoms with Crippen LogP contribution in [0.2, 0.25) is 0 Å². The Morgan fingerprint density at radius 2 is 1.97 bits per heavy atom. The number of carbonyl (C=O) groups is 1. The molecule has 168 valence electrons. The molecule has 0 bridgehead atoms. The van der Waals surface area contributed by atoms with Crippen LogP contribution in [-0.4, -0.2) is 41.4 Å². The highest BCUT2D eigenvalue weighted by atomic mass is 32.2. The number of benzene rings is 2. The molecule has 2 aromatic carbocycles. The molecule has 1 aliphatic heterocycles. The van der Waals surface area contributed by atoms with Crippen molar-refractivity contribution in [2.45, 2.75) is 43.5 Å². The summed E-state index contributed by atoms with van der Waals surface area (Å²) in [6.45, 7) is 2.50. The standard InChI is InChI=1S/C22H23FN4O4S/c1-2-18-8-3-4-13-27(18)32(29,30)19-11-9-15(10-12-19)20(28)24-22-26-25-21(31-22)16-6-5-7-17(23)14-16/h5-7,9-12,14,18H,2-4,8,13H2,1H3,(H,24,26,28). The van der Waals surface area contributed by atoms with Gasteiger partial charge in [0.1, 0.15) is 5.82 Å². The van der Waals surface area contributed by atoms with Gasteiger partial charge in [-0.3, -0.25) is 10.1 Å². The SMILES string of the molecule is CCC1CCCCN1S(=O)(=O)c1ccc(C(=O)Nc2nnc(-c3cccc(F)c3)o2)cc1. The average Bonchev–Trinajstić information content (AvgIpc) is 3.27. The fraction of sp³-hybridized carbons (Fsp3) is 0.318. The normalized spacial score (nSPS) is 17.2. The maximum Gasteiger partial charge on any atom is 0.322 e. The van der Waals surface area contributed by atoms with Crippen LogP contribution in [0.3, 0.4) is 0 Å². The number of amides is 1. The molecule has 4 rings (SSSR count). The van der Waals surface area contributed by atoms with Crippen LogP contribution >= 0.6 is 0 Å². The molecule has 1 fully saturated rings. The Labute approximate surface area is 185 Å². The van der Waals surface area contributed by atoms with Gasteiger partial charge >= 0.3 is 6.01 Å². The van der Waals surface area contributed by atoms with Crippen LogP contribution in [0.5, 0.6) is 0 Å². The summed E-state index contributed by atoms with van der Waals surface area (Å²) in [5.41, 5.74) is 0.621. The molecule has 32 heavy (non-hydrogen) atoms. The van der Waals surface area contributed by atoms with Gasteiger partial charge in [-0.1, -0.05) is 24.5 Å². The Balaban J connectivity index is 1.47.